The van der Waals surface area contributed by atoms with Crippen LogP contribution in [0, 0.1) is 17.2 Å². The lowest BCUT2D eigenvalue weighted by molar-refractivity contribution is 0.104. The zero-order valence-electron chi connectivity index (χ0n) is 14.3. The van der Waals surface area contributed by atoms with Gasteiger partial charge in [0, 0.05) is 32.7 Å². The molecular formula is C21H25N3. The largest absolute Gasteiger partial charge is 0.300 e. The first-order valence-electron chi connectivity index (χ1n) is 8.74. The molecule has 1 fully saturated rings. The molecule has 3 heteroatoms. The Morgan fingerprint density at radius 3 is 1.83 bits per heavy atom. The van der Waals surface area contributed by atoms with Crippen LogP contribution in [0.25, 0.3) is 0 Å². The topological polar surface area (TPSA) is 30.3 Å². The van der Waals surface area contributed by atoms with Gasteiger partial charge in [0.15, 0.2) is 0 Å². The van der Waals surface area contributed by atoms with Crippen LogP contribution in [0.3, 0.4) is 0 Å². The molecule has 0 aliphatic carbocycles. The van der Waals surface area contributed by atoms with E-state index in [1.807, 2.05) is 6.92 Å². The molecule has 2 aromatic carbocycles. The monoisotopic (exact) mass is 319 g/mol. The highest BCUT2D eigenvalue weighted by Gasteiger charge is 2.26. The van der Waals surface area contributed by atoms with E-state index < -0.39 is 0 Å². The van der Waals surface area contributed by atoms with Gasteiger partial charge in [-0.15, -0.1) is 0 Å². The normalized spacial score (nSPS) is 17.5. The second-order valence-corrected chi connectivity index (χ2v) is 6.59. The quantitative estimate of drug-likeness (QED) is 0.844. The van der Waals surface area contributed by atoms with Gasteiger partial charge in [0.2, 0.25) is 0 Å². The molecule has 1 heterocycles. The third kappa shape index (κ3) is 4.03. The third-order valence-electron chi connectivity index (χ3n) is 4.76. The summed E-state index contributed by atoms with van der Waals surface area (Å²) in [4.78, 5) is 4.98. The molecule has 0 saturated carbocycles. The van der Waals surface area contributed by atoms with Crippen LogP contribution in [0.5, 0.6) is 0 Å². The van der Waals surface area contributed by atoms with Gasteiger partial charge in [-0.05, 0) is 18.1 Å². The van der Waals surface area contributed by atoms with Crippen LogP contribution >= 0.6 is 0 Å². The average Bonchev–Trinajstić information content (AvgIpc) is 2.65. The lowest BCUT2D eigenvalue weighted by Gasteiger charge is -2.40. The molecule has 0 N–H and O–H groups in total. The van der Waals surface area contributed by atoms with E-state index in [0.717, 1.165) is 32.7 Å². The van der Waals surface area contributed by atoms with E-state index in [1.165, 1.54) is 11.1 Å². The first kappa shape index (κ1) is 16.7. The van der Waals surface area contributed by atoms with Gasteiger partial charge in [-0.3, -0.25) is 9.80 Å². The zero-order chi connectivity index (χ0) is 16.8. The van der Waals surface area contributed by atoms with Crippen LogP contribution in [0.15, 0.2) is 60.7 Å². The van der Waals surface area contributed by atoms with Crippen LogP contribution in [0.2, 0.25) is 0 Å². The minimum atomic E-state index is 0.107. The molecule has 1 aliphatic heterocycles. The van der Waals surface area contributed by atoms with E-state index in [4.69, 9.17) is 5.26 Å². The Morgan fingerprint density at radius 1 is 0.875 bits per heavy atom. The number of nitriles is 1. The summed E-state index contributed by atoms with van der Waals surface area (Å²) in [5.41, 5.74) is 2.70. The molecular weight excluding hydrogens is 294 g/mol. The molecule has 24 heavy (non-hydrogen) atoms. The predicted octanol–water partition coefficient (Wildman–Crippen LogP) is 3.55. The van der Waals surface area contributed by atoms with Crippen molar-refractivity contribution in [3.05, 3.63) is 71.8 Å². The summed E-state index contributed by atoms with van der Waals surface area (Å²) >= 11 is 0. The molecule has 3 rings (SSSR count). The Bertz CT molecular complexity index is 615. The highest BCUT2D eigenvalue weighted by atomic mass is 15.3. The Morgan fingerprint density at radius 2 is 1.38 bits per heavy atom. The summed E-state index contributed by atoms with van der Waals surface area (Å²) in [7, 11) is 0. The minimum absolute atomic E-state index is 0.107. The SMILES string of the molecule is C[C@@H](C#N)CN1CCN(C(c2ccccc2)c2ccccc2)CC1. The number of hydrogen-bond donors (Lipinski definition) is 0. The molecule has 0 spiro atoms. The molecule has 1 atom stereocenters. The van der Waals surface area contributed by atoms with Crippen molar-refractivity contribution in [2.45, 2.75) is 13.0 Å². The Kier molecular flexibility index (Phi) is 5.63. The molecule has 1 aliphatic rings. The standard InChI is InChI=1S/C21H25N3/c1-18(16-22)17-23-12-14-24(15-13-23)21(19-8-4-2-5-9-19)20-10-6-3-7-11-20/h2-11,18,21H,12-15,17H2,1H3/t18-/m0/s1. The smallest absolute Gasteiger partial charge is 0.0666 e. The van der Waals surface area contributed by atoms with Gasteiger partial charge in [-0.2, -0.15) is 5.26 Å². The van der Waals surface area contributed by atoms with Crippen molar-refractivity contribution in [1.29, 1.82) is 5.26 Å². The van der Waals surface area contributed by atoms with Gasteiger partial charge < -0.3 is 0 Å². The van der Waals surface area contributed by atoms with Crippen molar-refractivity contribution in [2.75, 3.05) is 32.7 Å². The van der Waals surface area contributed by atoms with Gasteiger partial charge in [0.1, 0.15) is 0 Å². The third-order valence-corrected chi connectivity index (χ3v) is 4.76. The Balaban J connectivity index is 1.75. The Labute approximate surface area is 145 Å². The molecule has 124 valence electrons. The fraction of sp³-hybridized carbons (Fsp3) is 0.381. The average molecular weight is 319 g/mol. The van der Waals surface area contributed by atoms with Crippen molar-refractivity contribution in [2.24, 2.45) is 5.92 Å². The number of hydrogen-bond acceptors (Lipinski definition) is 3. The first-order chi connectivity index (χ1) is 11.8. The molecule has 2 aromatic rings. The van der Waals surface area contributed by atoms with Crippen LogP contribution < -0.4 is 0 Å². The molecule has 0 radical (unpaired) electrons. The maximum Gasteiger partial charge on any atom is 0.0666 e. The van der Waals surface area contributed by atoms with Gasteiger partial charge in [0.05, 0.1) is 18.0 Å². The van der Waals surface area contributed by atoms with E-state index in [1.54, 1.807) is 0 Å². The molecule has 0 unspecified atom stereocenters. The lowest BCUT2D eigenvalue weighted by atomic mass is 9.96. The first-order valence-corrected chi connectivity index (χ1v) is 8.74. The van der Waals surface area contributed by atoms with Crippen LogP contribution in [-0.2, 0) is 0 Å². The summed E-state index contributed by atoms with van der Waals surface area (Å²) in [5.74, 6) is 0.107. The van der Waals surface area contributed by atoms with Gasteiger partial charge in [-0.25, -0.2) is 0 Å². The van der Waals surface area contributed by atoms with Crippen molar-refractivity contribution >= 4 is 0 Å². The van der Waals surface area contributed by atoms with Crippen molar-refractivity contribution in [3.8, 4) is 6.07 Å². The van der Waals surface area contributed by atoms with E-state index in [-0.39, 0.29) is 5.92 Å². The summed E-state index contributed by atoms with van der Waals surface area (Å²) in [6.45, 7) is 7.01. The zero-order valence-corrected chi connectivity index (χ0v) is 14.3. The molecule has 0 bridgehead atoms. The fourth-order valence-electron chi connectivity index (χ4n) is 3.52. The van der Waals surface area contributed by atoms with Crippen molar-refractivity contribution in [3.63, 3.8) is 0 Å². The van der Waals surface area contributed by atoms with Gasteiger partial charge >= 0.3 is 0 Å². The molecule has 0 amide bonds. The summed E-state index contributed by atoms with van der Waals surface area (Å²) < 4.78 is 0. The minimum Gasteiger partial charge on any atom is -0.300 e. The van der Waals surface area contributed by atoms with Crippen LogP contribution in [0.1, 0.15) is 24.1 Å². The molecule has 0 aromatic heterocycles. The van der Waals surface area contributed by atoms with Crippen molar-refractivity contribution in [1.82, 2.24) is 9.80 Å². The van der Waals surface area contributed by atoms with Crippen LogP contribution in [0.4, 0.5) is 0 Å². The second-order valence-electron chi connectivity index (χ2n) is 6.59. The summed E-state index contributed by atoms with van der Waals surface area (Å²) in [5, 5.41) is 9.02. The van der Waals surface area contributed by atoms with E-state index in [0.29, 0.717) is 6.04 Å². The maximum absolute atomic E-state index is 9.02. The van der Waals surface area contributed by atoms with Gasteiger partial charge in [-0.1, -0.05) is 60.7 Å². The Hall–Kier alpha value is -2.15. The van der Waals surface area contributed by atoms with Gasteiger partial charge in [0.25, 0.3) is 0 Å². The summed E-state index contributed by atoms with van der Waals surface area (Å²) in [6.07, 6.45) is 0. The van der Waals surface area contributed by atoms with E-state index >= 15 is 0 Å². The van der Waals surface area contributed by atoms with E-state index in [9.17, 15) is 0 Å². The second kappa shape index (κ2) is 8.10. The lowest BCUT2D eigenvalue weighted by Crippen LogP contribution is -2.48. The van der Waals surface area contributed by atoms with Crippen LogP contribution in [-0.4, -0.2) is 42.5 Å². The molecule has 3 nitrogen and oxygen atoms in total. The highest BCUT2D eigenvalue weighted by Crippen LogP contribution is 2.29. The predicted molar refractivity (Wildman–Crippen MR) is 97.5 cm³/mol. The fourth-order valence-corrected chi connectivity index (χ4v) is 3.52. The number of nitrogens with zero attached hydrogens (tertiary/aromatic N) is 3. The number of rotatable bonds is 5. The maximum atomic E-state index is 9.02. The van der Waals surface area contributed by atoms with E-state index in [2.05, 4.69) is 76.5 Å². The van der Waals surface area contributed by atoms with Crippen molar-refractivity contribution < 1.29 is 0 Å². The number of piperazine rings is 1. The number of benzene rings is 2. The summed E-state index contributed by atoms with van der Waals surface area (Å²) in [6, 6.07) is 24.2. The molecule has 1 saturated heterocycles. The highest BCUT2D eigenvalue weighted by molar-refractivity contribution is 5.31.